The number of aliphatic hydroxyl groups is 1. The van der Waals surface area contributed by atoms with Crippen molar-refractivity contribution in [1.82, 2.24) is 0 Å². The van der Waals surface area contributed by atoms with Crippen LogP contribution < -0.4 is 0 Å². The van der Waals surface area contributed by atoms with E-state index in [0.29, 0.717) is 12.8 Å². The summed E-state index contributed by atoms with van der Waals surface area (Å²) in [6, 6.07) is 0. The topological polar surface area (TPSA) is 57.5 Å². The molecule has 1 aliphatic carbocycles. The summed E-state index contributed by atoms with van der Waals surface area (Å²) in [4.78, 5) is 9.90. The summed E-state index contributed by atoms with van der Waals surface area (Å²) in [5, 5.41) is 17.3. The summed E-state index contributed by atoms with van der Waals surface area (Å²) in [6.07, 6.45) is 2.14. The molecule has 1 aliphatic rings. The van der Waals surface area contributed by atoms with E-state index in [1.807, 2.05) is 5.92 Å². The van der Waals surface area contributed by atoms with Gasteiger partial charge in [-0.05, 0) is 19.3 Å². The number of aliphatic carboxylic acids is 1. The maximum absolute atomic E-state index is 9.90. The van der Waals surface area contributed by atoms with Crippen molar-refractivity contribution in [3.8, 4) is 11.8 Å². The number of carboxylic acid groups (broad SMARTS) is 1. The van der Waals surface area contributed by atoms with E-state index in [1.54, 1.807) is 0 Å². The molecule has 0 amide bonds. The van der Waals surface area contributed by atoms with Crippen LogP contribution in [0.2, 0.25) is 0 Å². The molecule has 0 bridgehead atoms. The summed E-state index contributed by atoms with van der Waals surface area (Å²) in [5.41, 5.74) is -0.988. The molecule has 0 radical (unpaired) electrons. The zero-order valence-electron chi connectivity index (χ0n) is 5.42. The Hall–Kier alpha value is -1.01. The van der Waals surface area contributed by atoms with E-state index < -0.39 is 11.6 Å². The first-order valence-corrected chi connectivity index (χ1v) is 3.11. The van der Waals surface area contributed by atoms with Crippen molar-refractivity contribution in [2.45, 2.75) is 24.9 Å². The van der Waals surface area contributed by atoms with Crippen LogP contribution in [0.5, 0.6) is 0 Å². The Morgan fingerprint density at radius 2 is 2.10 bits per heavy atom. The van der Waals surface area contributed by atoms with Gasteiger partial charge in [-0.3, -0.25) is 0 Å². The minimum atomic E-state index is -1.18. The number of hydrogen-bond donors (Lipinski definition) is 2. The van der Waals surface area contributed by atoms with Crippen LogP contribution in [0.15, 0.2) is 0 Å². The van der Waals surface area contributed by atoms with Crippen LogP contribution in [-0.4, -0.2) is 21.8 Å². The Morgan fingerprint density at radius 3 is 2.40 bits per heavy atom. The third-order valence-electron chi connectivity index (χ3n) is 1.58. The van der Waals surface area contributed by atoms with Crippen molar-refractivity contribution in [2.75, 3.05) is 0 Å². The van der Waals surface area contributed by atoms with Gasteiger partial charge in [-0.15, -0.1) is 0 Å². The fourth-order valence-electron chi connectivity index (χ4n) is 0.806. The van der Waals surface area contributed by atoms with Crippen molar-refractivity contribution in [2.24, 2.45) is 0 Å². The molecule has 3 heteroatoms. The van der Waals surface area contributed by atoms with Crippen LogP contribution in [0, 0.1) is 11.8 Å². The standard InChI is InChI=1S/C7H8O3/c8-6(9)2-5-7(10)3-1-4-7/h10H,1,3-4H2,(H,8,9). The Kier molecular flexibility index (Phi) is 1.64. The molecule has 1 fully saturated rings. The number of hydrogen-bond acceptors (Lipinski definition) is 2. The molecule has 0 aromatic rings. The van der Waals surface area contributed by atoms with Crippen molar-refractivity contribution < 1.29 is 15.0 Å². The highest BCUT2D eigenvalue weighted by Crippen LogP contribution is 2.30. The molecule has 1 saturated carbocycles. The Morgan fingerprint density at radius 1 is 1.50 bits per heavy atom. The van der Waals surface area contributed by atoms with Crippen LogP contribution >= 0.6 is 0 Å². The lowest BCUT2D eigenvalue weighted by atomic mass is 9.81. The van der Waals surface area contributed by atoms with Crippen LogP contribution in [0.1, 0.15) is 19.3 Å². The quantitative estimate of drug-likeness (QED) is 0.465. The van der Waals surface area contributed by atoms with Crippen molar-refractivity contribution in [1.29, 1.82) is 0 Å². The lowest BCUT2D eigenvalue weighted by molar-refractivity contribution is -0.130. The van der Waals surface area contributed by atoms with Gasteiger partial charge in [0.15, 0.2) is 0 Å². The fourth-order valence-corrected chi connectivity index (χ4v) is 0.806. The van der Waals surface area contributed by atoms with E-state index >= 15 is 0 Å². The first-order chi connectivity index (χ1) is 4.62. The van der Waals surface area contributed by atoms with E-state index in [2.05, 4.69) is 5.92 Å². The molecule has 10 heavy (non-hydrogen) atoms. The third kappa shape index (κ3) is 1.49. The molecule has 0 spiro atoms. The fraction of sp³-hybridized carbons (Fsp3) is 0.571. The molecule has 0 saturated heterocycles. The van der Waals surface area contributed by atoms with Gasteiger partial charge >= 0.3 is 5.97 Å². The average Bonchev–Trinajstić information content (AvgIpc) is 1.79. The maximum atomic E-state index is 9.90. The normalized spacial score (nSPS) is 20.1. The van der Waals surface area contributed by atoms with E-state index in [4.69, 9.17) is 5.11 Å². The van der Waals surface area contributed by atoms with Gasteiger partial charge in [0.2, 0.25) is 0 Å². The second-order valence-corrected chi connectivity index (χ2v) is 2.44. The summed E-state index contributed by atoms with van der Waals surface area (Å²) in [6.45, 7) is 0. The lowest BCUT2D eigenvalue weighted by Crippen LogP contribution is -2.34. The predicted molar refractivity (Wildman–Crippen MR) is 34.2 cm³/mol. The van der Waals surface area contributed by atoms with Gasteiger partial charge in [-0.25, -0.2) is 4.79 Å². The van der Waals surface area contributed by atoms with Crippen molar-refractivity contribution in [3.63, 3.8) is 0 Å². The van der Waals surface area contributed by atoms with E-state index in [1.165, 1.54) is 0 Å². The maximum Gasteiger partial charge on any atom is 0.382 e. The van der Waals surface area contributed by atoms with Crippen LogP contribution in [-0.2, 0) is 4.79 Å². The molecule has 1 rings (SSSR count). The Bertz CT molecular complexity index is 205. The van der Waals surface area contributed by atoms with Crippen LogP contribution in [0.3, 0.4) is 0 Å². The van der Waals surface area contributed by atoms with Gasteiger partial charge in [0, 0.05) is 5.92 Å². The zero-order chi connectivity index (χ0) is 7.61. The third-order valence-corrected chi connectivity index (χ3v) is 1.58. The molecule has 0 atom stereocenters. The molecular formula is C7H8O3. The summed E-state index contributed by atoms with van der Waals surface area (Å²) < 4.78 is 0. The van der Waals surface area contributed by atoms with Gasteiger partial charge in [-0.2, -0.15) is 0 Å². The summed E-state index contributed by atoms with van der Waals surface area (Å²) in [7, 11) is 0. The van der Waals surface area contributed by atoms with Gasteiger partial charge < -0.3 is 10.2 Å². The van der Waals surface area contributed by atoms with E-state index in [-0.39, 0.29) is 0 Å². The molecule has 3 nitrogen and oxygen atoms in total. The monoisotopic (exact) mass is 140 g/mol. The van der Waals surface area contributed by atoms with E-state index in [9.17, 15) is 9.90 Å². The van der Waals surface area contributed by atoms with Gasteiger partial charge in [0.05, 0.1) is 0 Å². The smallest absolute Gasteiger partial charge is 0.382 e. The summed E-state index contributed by atoms with van der Waals surface area (Å²) in [5.74, 6) is 3.03. The van der Waals surface area contributed by atoms with Gasteiger partial charge in [0.1, 0.15) is 5.60 Å². The number of rotatable bonds is 0. The minimum Gasteiger partial charge on any atom is -0.472 e. The highest BCUT2D eigenvalue weighted by Gasteiger charge is 2.32. The minimum absolute atomic E-state index is 0.604. The van der Waals surface area contributed by atoms with Crippen LogP contribution in [0.4, 0.5) is 0 Å². The summed E-state index contributed by atoms with van der Waals surface area (Å²) >= 11 is 0. The molecular weight excluding hydrogens is 132 g/mol. The second kappa shape index (κ2) is 2.31. The Balaban J connectivity index is 2.53. The first kappa shape index (κ1) is 7.10. The van der Waals surface area contributed by atoms with E-state index in [0.717, 1.165) is 6.42 Å². The molecule has 0 aliphatic heterocycles. The zero-order valence-corrected chi connectivity index (χ0v) is 5.42. The predicted octanol–water partition coefficient (Wildman–Crippen LogP) is -0.0106. The SMILES string of the molecule is O=C(O)C#CC1(O)CCC1. The first-order valence-electron chi connectivity index (χ1n) is 3.11. The van der Waals surface area contributed by atoms with Crippen molar-refractivity contribution in [3.05, 3.63) is 0 Å². The highest BCUT2D eigenvalue weighted by atomic mass is 16.4. The van der Waals surface area contributed by atoms with Crippen molar-refractivity contribution >= 4 is 5.97 Å². The van der Waals surface area contributed by atoms with Crippen LogP contribution in [0.25, 0.3) is 0 Å². The Labute approximate surface area is 58.7 Å². The number of carboxylic acids is 1. The lowest BCUT2D eigenvalue weighted by Gasteiger charge is -2.30. The highest BCUT2D eigenvalue weighted by molar-refractivity contribution is 5.86. The average molecular weight is 140 g/mol. The molecule has 0 aromatic carbocycles. The molecule has 0 heterocycles. The largest absolute Gasteiger partial charge is 0.472 e. The van der Waals surface area contributed by atoms with Gasteiger partial charge in [0.25, 0.3) is 0 Å². The number of carbonyl (C=O) groups is 1. The molecule has 0 aromatic heterocycles. The second-order valence-electron chi connectivity index (χ2n) is 2.44. The van der Waals surface area contributed by atoms with Gasteiger partial charge in [-0.1, -0.05) is 5.92 Å². The molecule has 0 unspecified atom stereocenters. The molecule has 2 N–H and O–H groups in total. The molecule has 54 valence electrons.